The molecule has 0 atom stereocenters. The van der Waals surface area contributed by atoms with Gasteiger partial charge in [-0.15, -0.1) is 35.3 Å². The SMILES string of the molecule is CN=C(NCCCNC(=O)c1cccs1)NCc1ccc2c(c1)OCO2.I. The molecule has 1 aliphatic heterocycles. The van der Waals surface area contributed by atoms with Crippen molar-refractivity contribution in [3.8, 4) is 11.5 Å². The molecule has 0 spiro atoms. The fourth-order valence-electron chi connectivity index (χ4n) is 2.45. The maximum atomic E-state index is 11.8. The zero-order valence-corrected chi connectivity index (χ0v) is 18.1. The number of rotatable bonds is 7. The van der Waals surface area contributed by atoms with Crippen LogP contribution >= 0.6 is 35.3 Å². The Hall–Kier alpha value is -2.01. The number of fused-ring (bicyclic) bond motifs is 1. The van der Waals surface area contributed by atoms with E-state index in [0.29, 0.717) is 25.6 Å². The van der Waals surface area contributed by atoms with Gasteiger partial charge in [-0.3, -0.25) is 9.79 Å². The molecule has 0 saturated heterocycles. The summed E-state index contributed by atoms with van der Waals surface area (Å²) in [7, 11) is 1.73. The lowest BCUT2D eigenvalue weighted by molar-refractivity contribution is 0.0957. The van der Waals surface area contributed by atoms with Crippen molar-refractivity contribution in [1.82, 2.24) is 16.0 Å². The normalized spacial score (nSPS) is 12.3. The first kappa shape index (κ1) is 21.3. The van der Waals surface area contributed by atoms with Crippen molar-refractivity contribution < 1.29 is 14.3 Å². The van der Waals surface area contributed by atoms with Crippen molar-refractivity contribution in [2.24, 2.45) is 4.99 Å². The summed E-state index contributed by atoms with van der Waals surface area (Å²) < 4.78 is 10.7. The third-order valence-corrected chi connectivity index (χ3v) is 4.67. The van der Waals surface area contributed by atoms with Gasteiger partial charge in [-0.2, -0.15) is 0 Å². The van der Waals surface area contributed by atoms with E-state index in [1.807, 2.05) is 35.7 Å². The van der Waals surface area contributed by atoms with Crippen LogP contribution < -0.4 is 25.4 Å². The number of nitrogens with zero attached hydrogens (tertiary/aromatic N) is 1. The van der Waals surface area contributed by atoms with E-state index in [0.717, 1.165) is 28.4 Å². The number of carbonyl (C=O) groups excluding carboxylic acids is 1. The van der Waals surface area contributed by atoms with Gasteiger partial charge in [-0.1, -0.05) is 12.1 Å². The van der Waals surface area contributed by atoms with E-state index in [-0.39, 0.29) is 36.7 Å². The van der Waals surface area contributed by atoms with Crippen LogP contribution in [0.3, 0.4) is 0 Å². The fourth-order valence-corrected chi connectivity index (χ4v) is 3.09. The highest BCUT2D eigenvalue weighted by atomic mass is 127. The molecule has 1 aromatic heterocycles. The Kier molecular flexibility index (Phi) is 8.65. The maximum absolute atomic E-state index is 11.8. The van der Waals surface area contributed by atoms with Crippen molar-refractivity contribution >= 4 is 47.2 Å². The average molecular weight is 502 g/mol. The third kappa shape index (κ3) is 6.28. The maximum Gasteiger partial charge on any atom is 0.261 e. The molecule has 2 heterocycles. The van der Waals surface area contributed by atoms with Gasteiger partial charge >= 0.3 is 0 Å². The number of hydrogen-bond donors (Lipinski definition) is 3. The van der Waals surface area contributed by atoms with Gasteiger partial charge in [0.15, 0.2) is 17.5 Å². The number of hydrogen-bond acceptors (Lipinski definition) is 5. The quantitative estimate of drug-likeness (QED) is 0.235. The number of guanidine groups is 1. The summed E-state index contributed by atoms with van der Waals surface area (Å²) in [5, 5.41) is 11.3. The Morgan fingerprint density at radius 3 is 2.74 bits per heavy atom. The smallest absolute Gasteiger partial charge is 0.261 e. The number of benzene rings is 1. The molecule has 1 aliphatic rings. The number of ether oxygens (including phenoxy) is 2. The number of amides is 1. The minimum absolute atomic E-state index is 0. The molecule has 3 N–H and O–H groups in total. The molecule has 0 unspecified atom stereocenters. The van der Waals surface area contributed by atoms with E-state index in [1.165, 1.54) is 11.3 Å². The molecular formula is C18H23IN4O3S. The van der Waals surface area contributed by atoms with Crippen LogP contribution in [0.25, 0.3) is 0 Å². The highest BCUT2D eigenvalue weighted by molar-refractivity contribution is 14.0. The summed E-state index contributed by atoms with van der Waals surface area (Å²) in [5.74, 6) is 2.24. The van der Waals surface area contributed by atoms with Gasteiger partial charge in [-0.25, -0.2) is 0 Å². The summed E-state index contributed by atoms with van der Waals surface area (Å²) in [6, 6.07) is 9.56. The van der Waals surface area contributed by atoms with Crippen molar-refractivity contribution in [3.05, 3.63) is 46.2 Å². The highest BCUT2D eigenvalue weighted by Crippen LogP contribution is 2.32. The Balaban J connectivity index is 0.00000261. The lowest BCUT2D eigenvalue weighted by Gasteiger charge is -2.12. The molecule has 1 aromatic carbocycles. The first-order valence-electron chi connectivity index (χ1n) is 8.41. The predicted molar refractivity (Wildman–Crippen MR) is 117 cm³/mol. The number of thiophene rings is 1. The number of aliphatic imine (C=N–C) groups is 1. The highest BCUT2D eigenvalue weighted by Gasteiger charge is 2.13. The van der Waals surface area contributed by atoms with E-state index in [2.05, 4.69) is 20.9 Å². The van der Waals surface area contributed by atoms with E-state index in [1.54, 1.807) is 7.05 Å². The van der Waals surface area contributed by atoms with Crippen LogP contribution in [-0.4, -0.2) is 38.8 Å². The molecule has 7 nitrogen and oxygen atoms in total. The molecular weight excluding hydrogens is 479 g/mol. The monoisotopic (exact) mass is 502 g/mol. The molecule has 2 aromatic rings. The first-order chi connectivity index (χ1) is 12.8. The average Bonchev–Trinajstić information content (AvgIpc) is 3.35. The molecule has 0 aliphatic carbocycles. The second-order valence-electron chi connectivity index (χ2n) is 5.63. The van der Waals surface area contributed by atoms with Gasteiger partial charge in [0.25, 0.3) is 5.91 Å². The molecule has 0 saturated carbocycles. The van der Waals surface area contributed by atoms with Gasteiger partial charge < -0.3 is 25.4 Å². The number of nitrogens with one attached hydrogen (secondary N) is 3. The van der Waals surface area contributed by atoms with Crippen molar-refractivity contribution in [3.63, 3.8) is 0 Å². The van der Waals surface area contributed by atoms with E-state index >= 15 is 0 Å². The lowest BCUT2D eigenvalue weighted by Crippen LogP contribution is -2.38. The van der Waals surface area contributed by atoms with Gasteiger partial charge in [0, 0.05) is 26.7 Å². The second kappa shape index (κ2) is 11.0. The Labute approximate surface area is 179 Å². The Morgan fingerprint density at radius 1 is 1.15 bits per heavy atom. The van der Waals surface area contributed by atoms with Crippen LogP contribution in [0.4, 0.5) is 0 Å². The van der Waals surface area contributed by atoms with E-state index < -0.39 is 0 Å². The molecule has 146 valence electrons. The van der Waals surface area contributed by atoms with Gasteiger partial charge in [0.05, 0.1) is 4.88 Å². The summed E-state index contributed by atoms with van der Waals surface area (Å²) in [4.78, 5) is 16.8. The van der Waals surface area contributed by atoms with Crippen molar-refractivity contribution in [2.75, 3.05) is 26.9 Å². The molecule has 3 rings (SSSR count). The molecule has 9 heteroatoms. The topological polar surface area (TPSA) is 84.0 Å². The molecule has 0 fully saturated rings. The van der Waals surface area contributed by atoms with Crippen LogP contribution in [-0.2, 0) is 6.54 Å². The van der Waals surface area contributed by atoms with Crippen molar-refractivity contribution in [2.45, 2.75) is 13.0 Å². The molecule has 0 radical (unpaired) electrons. The summed E-state index contributed by atoms with van der Waals surface area (Å²) >= 11 is 1.44. The first-order valence-corrected chi connectivity index (χ1v) is 9.29. The second-order valence-corrected chi connectivity index (χ2v) is 6.57. The summed E-state index contributed by atoms with van der Waals surface area (Å²) in [6.07, 6.45) is 0.807. The number of halogens is 1. The van der Waals surface area contributed by atoms with Gasteiger partial charge in [0.1, 0.15) is 0 Å². The largest absolute Gasteiger partial charge is 0.454 e. The predicted octanol–water partition coefficient (Wildman–Crippen LogP) is 2.58. The van der Waals surface area contributed by atoms with E-state index in [4.69, 9.17) is 9.47 Å². The van der Waals surface area contributed by atoms with Gasteiger partial charge in [0.2, 0.25) is 6.79 Å². The van der Waals surface area contributed by atoms with Crippen LogP contribution in [0.15, 0.2) is 40.7 Å². The van der Waals surface area contributed by atoms with E-state index in [9.17, 15) is 4.79 Å². The third-order valence-electron chi connectivity index (χ3n) is 3.80. The standard InChI is InChI=1S/C18H22N4O3S.HI/c1-19-18(21-8-3-7-20-17(23)16-4-2-9-26-16)22-11-13-5-6-14-15(10-13)25-12-24-14;/h2,4-6,9-10H,3,7-8,11-12H2,1H3,(H,20,23)(H2,19,21,22);1H. The Morgan fingerprint density at radius 2 is 1.96 bits per heavy atom. The van der Waals surface area contributed by atoms with Crippen LogP contribution in [0.2, 0.25) is 0 Å². The summed E-state index contributed by atoms with van der Waals surface area (Å²) in [5.41, 5.74) is 1.08. The molecule has 1 amide bonds. The zero-order valence-electron chi connectivity index (χ0n) is 15.0. The minimum atomic E-state index is -0.0229. The molecule has 27 heavy (non-hydrogen) atoms. The van der Waals surface area contributed by atoms with Crippen LogP contribution in [0.1, 0.15) is 21.7 Å². The van der Waals surface area contributed by atoms with Crippen LogP contribution in [0, 0.1) is 0 Å². The summed E-state index contributed by atoms with van der Waals surface area (Å²) in [6.45, 7) is 2.23. The van der Waals surface area contributed by atoms with Gasteiger partial charge in [-0.05, 0) is 35.6 Å². The lowest BCUT2D eigenvalue weighted by atomic mass is 10.2. The fraction of sp³-hybridized carbons (Fsp3) is 0.333. The Bertz CT molecular complexity index is 768. The minimum Gasteiger partial charge on any atom is -0.454 e. The van der Waals surface area contributed by atoms with Crippen molar-refractivity contribution in [1.29, 1.82) is 0 Å². The number of carbonyl (C=O) groups is 1. The van der Waals surface area contributed by atoms with Crippen LogP contribution in [0.5, 0.6) is 11.5 Å². The molecule has 0 bridgehead atoms. The zero-order chi connectivity index (χ0) is 18.2.